The van der Waals surface area contributed by atoms with Crippen molar-refractivity contribution in [2.45, 2.75) is 38.2 Å². The Kier molecular flexibility index (Phi) is 6.31. The van der Waals surface area contributed by atoms with Gasteiger partial charge in [-0.1, -0.05) is 11.6 Å². The minimum atomic E-state index is 0.243. The molecule has 1 spiro atoms. The van der Waals surface area contributed by atoms with Crippen molar-refractivity contribution in [1.82, 2.24) is 15.1 Å². The van der Waals surface area contributed by atoms with Gasteiger partial charge in [-0.2, -0.15) is 5.26 Å². The van der Waals surface area contributed by atoms with Crippen molar-refractivity contribution in [2.24, 2.45) is 5.41 Å². The lowest BCUT2D eigenvalue weighted by atomic mass is 9.78. The zero-order valence-electron chi connectivity index (χ0n) is 19.2. The van der Waals surface area contributed by atoms with Crippen molar-refractivity contribution in [2.75, 3.05) is 56.1 Å². The van der Waals surface area contributed by atoms with Gasteiger partial charge in [0.05, 0.1) is 10.6 Å². The van der Waals surface area contributed by atoms with E-state index in [2.05, 4.69) is 44.1 Å². The van der Waals surface area contributed by atoms with E-state index in [0.717, 1.165) is 76.5 Å². The minimum Gasteiger partial charge on any atom is -0.473 e. The largest absolute Gasteiger partial charge is 0.473 e. The first-order valence-electron chi connectivity index (χ1n) is 11.9. The van der Waals surface area contributed by atoms with Crippen molar-refractivity contribution >= 4 is 23.1 Å². The lowest BCUT2D eigenvalue weighted by molar-refractivity contribution is 0.109. The molecular weight excluding hydrogens is 436 g/mol. The number of likely N-dealkylation sites (tertiary alicyclic amines) is 1. The summed E-state index contributed by atoms with van der Waals surface area (Å²) in [5, 5.41) is 18.5. The highest BCUT2D eigenvalue weighted by molar-refractivity contribution is 6.32. The van der Waals surface area contributed by atoms with Crippen LogP contribution < -0.4 is 14.5 Å². The third kappa shape index (κ3) is 4.87. The second-order valence-corrected chi connectivity index (χ2v) is 10.2. The van der Waals surface area contributed by atoms with E-state index in [9.17, 15) is 0 Å². The minimum absolute atomic E-state index is 0.243. The van der Waals surface area contributed by atoms with Crippen LogP contribution in [0.5, 0.6) is 5.88 Å². The van der Waals surface area contributed by atoms with Crippen molar-refractivity contribution in [3.8, 4) is 11.9 Å². The number of hydrogen-bond donors (Lipinski definition) is 0. The van der Waals surface area contributed by atoms with E-state index in [-0.39, 0.29) is 6.10 Å². The molecule has 0 unspecified atom stereocenters. The van der Waals surface area contributed by atoms with Gasteiger partial charge in [-0.05, 0) is 68.8 Å². The molecule has 0 bridgehead atoms. The van der Waals surface area contributed by atoms with Gasteiger partial charge in [0, 0.05) is 51.0 Å². The Hall–Kier alpha value is -2.56. The van der Waals surface area contributed by atoms with Gasteiger partial charge >= 0.3 is 0 Å². The summed E-state index contributed by atoms with van der Waals surface area (Å²) in [5.41, 5.74) is 1.98. The molecule has 2 aromatic rings. The molecule has 0 atom stereocenters. The highest BCUT2D eigenvalue weighted by Gasteiger charge is 2.41. The summed E-state index contributed by atoms with van der Waals surface area (Å²) in [4.78, 5) is 7.09. The van der Waals surface area contributed by atoms with Crippen LogP contribution >= 0.6 is 11.6 Å². The van der Waals surface area contributed by atoms with E-state index in [1.165, 1.54) is 6.42 Å². The normalized spacial score (nSPS) is 21.4. The molecule has 3 aliphatic rings. The molecule has 3 saturated heterocycles. The number of piperidine rings is 2. The standard InChI is InChI=1S/C25H31ClN6O/c1-30-11-6-21(7-12-30)33-24-5-4-23(28-29-24)31-13-8-25(9-14-31)10-15-32(18-25)20-3-2-19(17-27)22(26)16-20/h2-5,16,21H,6-15,18H2,1H3. The van der Waals surface area contributed by atoms with E-state index in [1.807, 2.05) is 24.3 Å². The molecule has 1 aromatic carbocycles. The van der Waals surface area contributed by atoms with Gasteiger partial charge < -0.3 is 19.4 Å². The zero-order chi connectivity index (χ0) is 22.8. The molecule has 0 amide bonds. The maximum absolute atomic E-state index is 9.12. The van der Waals surface area contributed by atoms with Crippen molar-refractivity contribution in [1.29, 1.82) is 5.26 Å². The summed E-state index contributed by atoms with van der Waals surface area (Å²) in [6.07, 6.45) is 5.80. The Morgan fingerprint density at radius 3 is 2.36 bits per heavy atom. The summed E-state index contributed by atoms with van der Waals surface area (Å²) < 4.78 is 6.05. The average molecular weight is 467 g/mol. The Morgan fingerprint density at radius 1 is 1.00 bits per heavy atom. The SMILES string of the molecule is CN1CCC(Oc2ccc(N3CCC4(CCN(c5ccc(C#N)c(Cl)c5)C4)CC3)nn2)CC1. The van der Waals surface area contributed by atoms with Crippen molar-refractivity contribution < 1.29 is 4.74 Å². The fourth-order valence-electron chi connectivity index (χ4n) is 5.38. The van der Waals surface area contributed by atoms with Gasteiger partial charge in [-0.3, -0.25) is 0 Å². The lowest BCUT2D eigenvalue weighted by Gasteiger charge is -2.39. The molecule has 33 heavy (non-hydrogen) atoms. The number of hydrogen-bond acceptors (Lipinski definition) is 7. The van der Waals surface area contributed by atoms with E-state index in [1.54, 1.807) is 0 Å². The van der Waals surface area contributed by atoms with Gasteiger partial charge in [0.25, 0.3) is 0 Å². The predicted octanol–water partition coefficient (Wildman–Crippen LogP) is 3.97. The molecule has 5 rings (SSSR count). The van der Waals surface area contributed by atoms with Crippen LogP contribution in [-0.4, -0.2) is 67.5 Å². The molecule has 3 fully saturated rings. The van der Waals surface area contributed by atoms with Crippen LogP contribution in [0, 0.1) is 16.7 Å². The van der Waals surface area contributed by atoms with Gasteiger partial charge in [0.2, 0.25) is 5.88 Å². The maximum atomic E-state index is 9.12. The van der Waals surface area contributed by atoms with E-state index in [0.29, 0.717) is 21.9 Å². The highest BCUT2D eigenvalue weighted by atomic mass is 35.5. The lowest BCUT2D eigenvalue weighted by Crippen LogP contribution is -2.42. The van der Waals surface area contributed by atoms with Gasteiger partial charge in [0.1, 0.15) is 12.2 Å². The summed E-state index contributed by atoms with van der Waals surface area (Å²) in [6, 6.07) is 11.9. The molecule has 8 heteroatoms. The predicted molar refractivity (Wildman–Crippen MR) is 130 cm³/mol. The number of aromatic nitrogens is 2. The molecule has 174 valence electrons. The molecule has 3 aliphatic heterocycles. The summed E-state index contributed by atoms with van der Waals surface area (Å²) in [7, 11) is 2.15. The van der Waals surface area contributed by atoms with Crippen LogP contribution in [-0.2, 0) is 0 Å². The second-order valence-electron chi connectivity index (χ2n) is 9.78. The van der Waals surface area contributed by atoms with Gasteiger partial charge in [0.15, 0.2) is 5.82 Å². The molecule has 1 aromatic heterocycles. The third-order valence-electron chi connectivity index (χ3n) is 7.60. The maximum Gasteiger partial charge on any atom is 0.233 e. The van der Waals surface area contributed by atoms with Crippen LogP contribution in [0.15, 0.2) is 30.3 Å². The zero-order valence-corrected chi connectivity index (χ0v) is 20.0. The van der Waals surface area contributed by atoms with E-state index < -0.39 is 0 Å². The fourth-order valence-corrected chi connectivity index (χ4v) is 5.60. The number of nitriles is 1. The Bertz CT molecular complexity index is 1010. The first-order chi connectivity index (χ1) is 16.0. The number of rotatable bonds is 4. The molecule has 0 radical (unpaired) electrons. The van der Waals surface area contributed by atoms with Gasteiger partial charge in [-0.25, -0.2) is 0 Å². The first-order valence-corrected chi connectivity index (χ1v) is 12.3. The Labute approximate surface area is 200 Å². The smallest absolute Gasteiger partial charge is 0.233 e. The molecule has 7 nitrogen and oxygen atoms in total. The second kappa shape index (κ2) is 9.36. The summed E-state index contributed by atoms with van der Waals surface area (Å²) >= 11 is 6.26. The van der Waals surface area contributed by atoms with E-state index in [4.69, 9.17) is 21.6 Å². The number of ether oxygens (including phenoxy) is 1. The van der Waals surface area contributed by atoms with Crippen molar-refractivity contribution in [3.05, 3.63) is 40.9 Å². The van der Waals surface area contributed by atoms with Crippen LogP contribution in [0.25, 0.3) is 0 Å². The number of benzene rings is 1. The first kappa shape index (κ1) is 22.2. The third-order valence-corrected chi connectivity index (χ3v) is 7.92. The summed E-state index contributed by atoms with van der Waals surface area (Å²) in [5.74, 6) is 1.57. The highest BCUT2D eigenvalue weighted by Crippen LogP contribution is 2.43. The monoisotopic (exact) mass is 466 g/mol. The van der Waals surface area contributed by atoms with E-state index >= 15 is 0 Å². The molecule has 4 heterocycles. The Balaban J connectivity index is 1.15. The van der Waals surface area contributed by atoms with Crippen LogP contribution in [0.4, 0.5) is 11.5 Å². The Morgan fingerprint density at radius 2 is 1.73 bits per heavy atom. The van der Waals surface area contributed by atoms with Crippen LogP contribution in [0.1, 0.15) is 37.7 Å². The topological polar surface area (TPSA) is 68.5 Å². The molecular formula is C25H31ClN6O. The number of anilines is 2. The number of halogens is 1. The van der Waals surface area contributed by atoms with Crippen molar-refractivity contribution in [3.63, 3.8) is 0 Å². The number of nitrogens with zero attached hydrogens (tertiary/aromatic N) is 6. The van der Waals surface area contributed by atoms with Crippen LogP contribution in [0.3, 0.4) is 0 Å². The van der Waals surface area contributed by atoms with Gasteiger partial charge in [-0.15, -0.1) is 10.2 Å². The average Bonchev–Trinajstić information content (AvgIpc) is 3.25. The molecule has 0 N–H and O–H groups in total. The molecule has 0 saturated carbocycles. The molecule has 0 aliphatic carbocycles. The van der Waals surface area contributed by atoms with Crippen LogP contribution in [0.2, 0.25) is 5.02 Å². The summed E-state index contributed by atoms with van der Waals surface area (Å²) in [6.45, 7) is 6.20. The fraction of sp³-hybridized carbons (Fsp3) is 0.560. The quantitative estimate of drug-likeness (QED) is 0.675.